The molecule has 0 saturated heterocycles. The molecule has 0 aliphatic carbocycles. The van der Waals surface area contributed by atoms with E-state index in [9.17, 15) is 0 Å². The highest BCUT2D eigenvalue weighted by molar-refractivity contribution is 6.20. The molecule has 0 aliphatic rings. The maximum atomic E-state index is 6.17. The molecule has 0 atom stereocenters. The lowest BCUT2D eigenvalue weighted by Crippen LogP contribution is -2.01. The summed E-state index contributed by atoms with van der Waals surface area (Å²) in [5.74, 6) is 1.75. The average Bonchev–Trinajstić information content (AvgIpc) is 3.53. The van der Waals surface area contributed by atoms with Crippen LogP contribution in [0.25, 0.3) is 99.2 Å². The molecule has 5 nitrogen and oxygen atoms in total. The number of hydrogen-bond acceptors (Lipinski definition) is 5. The largest absolute Gasteiger partial charge is 0.454 e. The van der Waals surface area contributed by atoms with Crippen molar-refractivity contribution >= 4 is 65.0 Å². The van der Waals surface area contributed by atoms with Gasteiger partial charge in [-0.1, -0.05) is 115 Å². The fourth-order valence-corrected chi connectivity index (χ4v) is 6.90. The van der Waals surface area contributed by atoms with Crippen molar-refractivity contribution in [3.63, 3.8) is 0 Å². The monoisotopic (exact) mass is 600 g/mol. The lowest BCUT2D eigenvalue weighted by molar-refractivity contribution is 0.667. The molecular formula is C42H24N4O. The van der Waals surface area contributed by atoms with Gasteiger partial charge >= 0.3 is 0 Å². The normalized spacial score (nSPS) is 11.8. The molecule has 3 heterocycles. The summed E-state index contributed by atoms with van der Waals surface area (Å²) in [6.45, 7) is 0. The molecule has 3 aromatic heterocycles. The van der Waals surface area contributed by atoms with Crippen LogP contribution in [0.5, 0.6) is 0 Å². The Kier molecular flexibility index (Phi) is 5.51. The standard InChI is InChI=1S/C42H24N4O/c1-2-9-28-21-30(18-13-25(28)7-1)40-44-41(46-42(45-40)35-23-43-24-37-39(35)34-11-5-6-12-36(34)47-37)31-19-20-33-29(22-31)17-16-27-15-14-26-8-3-4-10-32(26)38(27)33/h1-24H. The molecule has 0 fully saturated rings. The number of aromatic nitrogens is 4. The number of pyridine rings is 1. The van der Waals surface area contributed by atoms with Gasteiger partial charge in [-0.3, -0.25) is 4.98 Å². The van der Waals surface area contributed by atoms with Gasteiger partial charge < -0.3 is 4.42 Å². The van der Waals surface area contributed by atoms with Crippen molar-refractivity contribution < 1.29 is 4.42 Å². The van der Waals surface area contributed by atoms with E-state index in [0.717, 1.165) is 43.8 Å². The van der Waals surface area contributed by atoms with E-state index in [4.69, 9.17) is 19.4 Å². The molecule has 0 amide bonds. The zero-order valence-electron chi connectivity index (χ0n) is 25.1. The van der Waals surface area contributed by atoms with Gasteiger partial charge in [0.2, 0.25) is 0 Å². The first-order valence-electron chi connectivity index (χ1n) is 15.6. The van der Waals surface area contributed by atoms with Crippen molar-refractivity contribution in [2.75, 3.05) is 0 Å². The van der Waals surface area contributed by atoms with Gasteiger partial charge in [-0.05, 0) is 61.3 Å². The number of para-hydroxylation sites is 1. The van der Waals surface area contributed by atoms with Crippen LogP contribution in [-0.2, 0) is 0 Å². The van der Waals surface area contributed by atoms with Gasteiger partial charge in [0.1, 0.15) is 5.58 Å². The summed E-state index contributed by atoms with van der Waals surface area (Å²) < 4.78 is 6.17. The summed E-state index contributed by atoms with van der Waals surface area (Å²) in [6.07, 6.45) is 3.58. The van der Waals surface area contributed by atoms with Crippen molar-refractivity contribution in [1.82, 2.24) is 19.9 Å². The van der Waals surface area contributed by atoms with Crippen molar-refractivity contribution in [3.05, 3.63) is 146 Å². The number of hydrogen-bond donors (Lipinski definition) is 0. The molecular weight excluding hydrogens is 576 g/mol. The lowest BCUT2D eigenvalue weighted by atomic mass is 9.95. The molecule has 0 radical (unpaired) electrons. The molecule has 0 bridgehead atoms. The Morgan fingerprint density at radius 2 is 0.979 bits per heavy atom. The van der Waals surface area contributed by atoms with Crippen LogP contribution in [0, 0.1) is 0 Å². The molecule has 0 saturated carbocycles. The zero-order chi connectivity index (χ0) is 30.9. The second-order valence-corrected chi connectivity index (χ2v) is 11.9. The molecule has 10 aromatic rings. The van der Waals surface area contributed by atoms with Gasteiger partial charge in [-0.25, -0.2) is 15.0 Å². The third-order valence-corrected chi connectivity index (χ3v) is 9.15. The molecule has 7 aromatic carbocycles. The van der Waals surface area contributed by atoms with E-state index >= 15 is 0 Å². The van der Waals surface area contributed by atoms with Gasteiger partial charge in [-0.15, -0.1) is 0 Å². The van der Waals surface area contributed by atoms with Crippen LogP contribution in [0.4, 0.5) is 0 Å². The highest BCUT2D eigenvalue weighted by atomic mass is 16.3. The number of fused-ring (bicyclic) bond motifs is 9. The van der Waals surface area contributed by atoms with E-state index in [1.54, 1.807) is 6.20 Å². The number of furan rings is 1. The topological polar surface area (TPSA) is 64.7 Å². The quantitative estimate of drug-likeness (QED) is 0.189. The van der Waals surface area contributed by atoms with Crippen LogP contribution >= 0.6 is 0 Å². The Bertz CT molecular complexity index is 2870. The Labute approximate surface area is 268 Å². The molecule has 0 spiro atoms. The Morgan fingerprint density at radius 3 is 1.83 bits per heavy atom. The first-order valence-corrected chi connectivity index (χ1v) is 15.6. The highest BCUT2D eigenvalue weighted by Gasteiger charge is 2.19. The molecule has 0 N–H and O–H groups in total. The van der Waals surface area contributed by atoms with E-state index in [1.165, 1.54) is 32.3 Å². The fraction of sp³-hybridized carbons (Fsp3) is 0. The molecule has 5 heteroatoms. The lowest BCUT2D eigenvalue weighted by Gasteiger charge is -2.11. The Morgan fingerprint density at radius 1 is 0.383 bits per heavy atom. The zero-order valence-corrected chi connectivity index (χ0v) is 25.1. The molecule has 218 valence electrons. The van der Waals surface area contributed by atoms with Crippen molar-refractivity contribution in [1.29, 1.82) is 0 Å². The molecule has 0 unspecified atom stereocenters. The van der Waals surface area contributed by atoms with Gasteiger partial charge in [0.15, 0.2) is 23.1 Å². The molecule has 10 rings (SSSR count). The van der Waals surface area contributed by atoms with Gasteiger partial charge in [0.25, 0.3) is 0 Å². The minimum atomic E-state index is 0.549. The summed E-state index contributed by atoms with van der Waals surface area (Å²) in [5.41, 5.74) is 4.14. The number of rotatable bonds is 3. The van der Waals surface area contributed by atoms with Crippen LogP contribution in [0.15, 0.2) is 150 Å². The average molecular weight is 601 g/mol. The van der Waals surface area contributed by atoms with Gasteiger partial charge in [-0.2, -0.15) is 0 Å². The predicted octanol–water partition coefficient (Wildman–Crippen LogP) is 10.8. The second-order valence-electron chi connectivity index (χ2n) is 11.9. The highest BCUT2D eigenvalue weighted by Crippen LogP contribution is 2.37. The van der Waals surface area contributed by atoms with Gasteiger partial charge in [0.05, 0.1) is 6.20 Å². The van der Waals surface area contributed by atoms with E-state index < -0.39 is 0 Å². The van der Waals surface area contributed by atoms with Crippen molar-refractivity contribution in [3.8, 4) is 34.2 Å². The first kappa shape index (κ1) is 25.8. The maximum absolute atomic E-state index is 6.17. The summed E-state index contributed by atoms with van der Waals surface area (Å²) in [5, 5.41) is 11.5. The van der Waals surface area contributed by atoms with Crippen molar-refractivity contribution in [2.24, 2.45) is 0 Å². The van der Waals surface area contributed by atoms with E-state index in [-0.39, 0.29) is 0 Å². The van der Waals surface area contributed by atoms with Crippen LogP contribution in [0.2, 0.25) is 0 Å². The van der Waals surface area contributed by atoms with Crippen molar-refractivity contribution in [2.45, 2.75) is 0 Å². The number of nitrogens with zero attached hydrogens (tertiary/aromatic N) is 4. The Hall–Kier alpha value is -6.46. The van der Waals surface area contributed by atoms with E-state index in [2.05, 4.69) is 120 Å². The van der Waals surface area contributed by atoms with Gasteiger partial charge in [0, 0.05) is 33.7 Å². The van der Waals surface area contributed by atoms with Crippen LogP contribution < -0.4 is 0 Å². The summed E-state index contributed by atoms with van der Waals surface area (Å²) in [4.78, 5) is 19.8. The third-order valence-electron chi connectivity index (χ3n) is 9.15. The summed E-state index contributed by atoms with van der Waals surface area (Å²) >= 11 is 0. The number of benzene rings is 7. The molecule has 0 aliphatic heterocycles. The van der Waals surface area contributed by atoms with E-state index in [1.807, 2.05) is 24.4 Å². The fourth-order valence-electron chi connectivity index (χ4n) is 6.90. The summed E-state index contributed by atoms with van der Waals surface area (Å²) in [7, 11) is 0. The van der Waals surface area contributed by atoms with Crippen LogP contribution in [-0.4, -0.2) is 19.9 Å². The first-order chi connectivity index (χ1) is 23.3. The predicted molar refractivity (Wildman–Crippen MR) is 191 cm³/mol. The van der Waals surface area contributed by atoms with E-state index in [0.29, 0.717) is 23.1 Å². The Balaban J connectivity index is 1.22. The van der Waals surface area contributed by atoms with Crippen LogP contribution in [0.1, 0.15) is 0 Å². The summed E-state index contributed by atoms with van der Waals surface area (Å²) in [6, 6.07) is 46.5. The smallest absolute Gasteiger partial charge is 0.166 e. The maximum Gasteiger partial charge on any atom is 0.166 e. The van der Waals surface area contributed by atoms with Crippen LogP contribution in [0.3, 0.4) is 0 Å². The molecule has 47 heavy (non-hydrogen) atoms. The minimum Gasteiger partial charge on any atom is -0.454 e. The second kappa shape index (κ2) is 10.0. The third kappa shape index (κ3) is 4.10. The minimum absolute atomic E-state index is 0.549. The SMILES string of the molecule is c1ccc2cc(-c3nc(-c4ccc5c(ccc6ccc7ccccc7c65)c4)nc(-c4cncc5oc6ccccc6c45)n3)ccc2c1.